The summed E-state index contributed by atoms with van der Waals surface area (Å²) in [4.78, 5) is 37.2. The molecule has 134 valence electrons. The van der Waals surface area contributed by atoms with Gasteiger partial charge in [-0.2, -0.15) is 0 Å². The molecule has 0 radical (unpaired) electrons. The summed E-state index contributed by atoms with van der Waals surface area (Å²) in [7, 11) is 0. The van der Waals surface area contributed by atoms with Gasteiger partial charge in [0, 0.05) is 25.5 Å². The fourth-order valence-electron chi connectivity index (χ4n) is 3.14. The summed E-state index contributed by atoms with van der Waals surface area (Å²) in [5.41, 5.74) is 1.76. The molecule has 2 fully saturated rings. The lowest BCUT2D eigenvalue weighted by Gasteiger charge is -2.28. The van der Waals surface area contributed by atoms with Gasteiger partial charge in [0.1, 0.15) is 10.7 Å². The van der Waals surface area contributed by atoms with Crippen LogP contribution in [0.5, 0.6) is 0 Å². The maximum atomic E-state index is 12.4. The topological polar surface area (TPSA) is 66.4 Å². The van der Waals surface area contributed by atoms with E-state index in [0.29, 0.717) is 24.6 Å². The van der Waals surface area contributed by atoms with Gasteiger partial charge >= 0.3 is 0 Å². The quantitative estimate of drug-likeness (QED) is 0.786. The van der Waals surface area contributed by atoms with Crippen molar-refractivity contribution in [3.63, 3.8) is 0 Å². The summed E-state index contributed by atoms with van der Waals surface area (Å²) in [6.45, 7) is 1.01. The first-order chi connectivity index (χ1) is 12.7. The van der Waals surface area contributed by atoms with E-state index < -0.39 is 0 Å². The highest BCUT2D eigenvalue weighted by Crippen LogP contribution is 2.39. The van der Waals surface area contributed by atoms with E-state index in [9.17, 15) is 9.59 Å². The molecule has 2 aliphatic heterocycles. The number of rotatable bonds is 5. The minimum Gasteiger partial charge on any atom is -0.322 e. The van der Waals surface area contributed by atoms with Gasteiger partial charge in [-0.3, -0.25) is 19.6 Å². The highest BCUT2D eigenvalue weighted by atomic mass is 32.2. The zero-order chi connectivity index (χ0) is 17.9. The van der Waals surface area contributed by atoms with Crippen molar-refractivity contribution in [3.05, 3.63) is 60.2 Å². The molecular weight excluding hydrogens is 368 g/mol. The molecule has 0 aromatic carbocycles. The van der Waals surface area contributed by atoms with E-state index in [4.69, 9.17) is 0 Å². The Morgan fingerprint density at radius 1 is 0.808 bits per heavy atom. The number of carbonyl (C=O) groups excluding carboxylic acids is 2. The van der Waals surface area contributed by atoms with E-state index in [-0.39, 0.29) is 22.6 Å². The number of hydrogen-bond donors (Lipinski definition) is 0. The Morgan fingerprint density at radius 2 is 1.27 bits per heavy atom. The molecule has 0 aliphatic carbocycles. The van der Waals surface area contributed by atoms with E-state index in [1.165, 1.54) is 0 Å². The fraction of sp³-hybridized carbons (Fsp3) is 0.333. The maximum Gasteiger partial charge on any atom is 0.233 e. The lowest BCUT2D eigenvalue weighted by molar-refractivity contribution is -0.132. The highest BCUT2D eigenvalue weighted by Gasteiger charge is 2.37. The molecule has 2 aliphatic rings. The van der Waals surface area contributed by atoms with Crippen LogP contribution in [0.15, 0.2) is 48.8 Å². The minimum absolute atomic E-state index is 0.0811. The first-order valence-corrected chi connectivity index (χ1v) is 10.5. The van der Waals surface area contributed by atoms with Crippen molar-refractivity contribution < 1.29 is 9.59 Å². The zero-order valence-electron chi connectivity index (χ0n) is 14.0. The lowest BCUT2D eigenvalue weighted by Crippen LogP contribution is -2.39. The van der Waals surface area contributed by atoms with E-state index >= 15 is 0 Å². The van der Waals surface area contributed by atoms with Gasteiger partial charge in [-0.1, -0.05) is 12.1 Å². The molecule has 2 aromatic heterocycles. The Morgan fingerprint density at radius 3 is 1.65 bits per heavy atom. The minimum atomic E-state index is -0.0811. The van der Waals surface area contributed by atoms with E-state index in [0.717, 1.165) is 11.4 Å². The molecule has 6 nitrogen and oxygen atoms in total. The van der Waals surface area contributed by atoms with Gasteiger partial charge in [0.2, 0.25) is 11.8 Å². The molecule has 2 aromatic rings. The maximum absolute atomic E-state index is 12.4. The predicted octanol–water partition coefficient (Wildman–Crippen LogP) is 2.32. The summed E-state index contributed by atoms with van der Waals surface area (Å²) >= 11 is 3.17. The van der Waals surface area contributed by atoms with Gasteiger partial charge < -0.3 is 9.80 Å². The van der Waals surface area contributed by atoms with Crippen LogP contribution in [0.1, 0.15) is 22.1 Å². The van der Waals surface area contributed by atoms with Crippen molar-refractivity contribution >= 4 is 35.3 Å². The van der Waals surface area contributed by atoms with Gasteiger partial charge in [0.05, 0.1) is 22.9 Å². The number of pyridine rings is 2. The second-order valence-electron chi connectivity index (χ2n) is 6.01. The molecule has 0 saturated carbocycles. The Kier molecular flexibility index (Phi) is 5.12. The van der Waals surface area contributed by atoms with Crippen LogP contribution in [-0.2, 0) is 9.59 Å². The van der Waals surface area contributed by atoms with Crippen LogP contribution in [0.25, 0.3) is 0 Å². The van der Waals surface area contributed by atoms with Crippen LogP contribution in [0, 0.1) is 0 Å². The van der Waals surface area contributed by atoms with Crippen LogP contribution in [0.4, 0.5) is 0 Å². The molecule has 4 rings (SSSR count). The predicted molar refractivity (Wildman–Crippen MR) is 102 cm³/mol. The van der Waals surface area contributed by atoms with Crippen LogP contribution in [0.2, 0.25) is 0 Å². The summed E-state index contributed by atoms with van der Waals surface area (Å²) in [6, 6.07) is 11.5. The Bertz CT molecular complexity index is 723. The lowest BCUT2D eigenvalue weighted by atomic mass is 10.3. The number of hydrogen-bond acceptors (Lipinski definition) is 6. The summed E-state index contributed by atoms with van der Waals surface area (Å²) in [5, 5.41) is -0.162. The number of amides is 2. The molecule has 4 heterocycles. The van der Waals surface area contributed by atoms with Crippen LogP contribution in [0.3, 0.4) is 0 Å². The average molecular weight is 387 g/mol. The normalized spacial score (nSPS) is 23.1. The fourth-order valence-corrected chi connectivity index (χ4v) is 5.50. The number of nitrogens with zero attached hydrogens (tertiary/aromatic N) is 4. The molecule has 26 heavy (non-hydrogen) atoms. The van der Waals surface area contributed by atoms with E-state index in [2.05, 4.69) is 9.97 Å². The van der Waals surface area contributed by atoms with Gasteiger partial charge in [-0.15, -0.1) is 23.5 Å². The highest BCUT2D eigenvalue weighted by molar-refractivity contribution is 8.00. The van der Waals surface area contributed by atoms with Crippen LogP contribution in [-0.4, -0.2) is 56.2 Å². The largest absolute Gasteiger partial charge is 0.322 e. The Labute approximate surface area is 160 Å². The number of aromatic nitrogens is 2. The third-order valence-corrected chi connectivity index (χ3v) is 6.85. The van der Waals surface area contributed by atoms with Crippen molar-refractivity contribution in [2.24, 2.45) is 0 Å². The third kappa shape index (κ3) is 3.43. The SMILES string of the molecule is O=C1CSC(c2ccccn2)N1CCN1C(=O)CSC1c1ccccn1. The van der Waals surface area contributed by atoms with E-state index in [1.54, 1.807) is 35.9 Å². The molecule has 2 atom stereocenters. The van der Waals surface area contributed by atoms with Crippen molar-refractivity contribution in [1.29, 1.82) is 0 Å². The molecule has 2 saturated heterocycles. The van der Waals surface area contributed by atoms with Crippen molar-refractivity contribution in [3.8, 4) is 0 Å². The van der Waals surface area contributed by atoms with E-state index in [1.807, 2.05) is 46.2 Å². The molecule has 8 heteroatoms. The Hall–Kier alpha value is -2.06. The van der Waals surface area contributed by atoms with Gasteiger partial charge in [-0.05, 0) is 24.3 Å². The second kappa shape index (κ2) is 7.67. The molecule has 2 amide bonds. The monoisotopic (exact) mass is 386 g/mol. The molecular formula is C18H18N4O2S2. The van der Waals surface area contributed by atoms with Gasteiger partial charge in [0.25, 0.3) is 0 Å². The molecule has 0 bridgehead atoms. The summed E-state index contributed by atoms with van der Waals surface area (Å²) in [6.07, 6.45) is 3.49. The summed E-state index contributed by atoms with van der Waals surface area (Å²) < 4.78 is 0. The number of carbonyl (C=O) groups is 2. The van der Waals surface area contributed by atoms with Gasteiger partial charge in [-0.25, -0.2) is 0 Å². The average Bonchev–Trinajstić information content (AvgIpc) is 3.24. The molecule has 0 spiro atoms. The van der Waals surface area contributed by atoms with Crippen LogP contribution >= 0.6 is 23.5 Å². The van der Waals surface area contributed by atoms with Crippen molar-refractivity contribution in [2.75, 3.05) is 24.6 Å². The standard InChI is InChI=1S/C18H18N4O2S2/c23-15-11-25-17(13-5-1-3-7-19-13)21(15)9-10-22-16(24)12-26-18(22)14-6-2-4-8-20-14/h1-8,17-18H,9-12H2. The van der Waals surface area contributed by atoms with Crippen molar-refractivity contribution in [2.45, 2.75) is 10.7 Å². The number of thioether (sulfide) groups is 2. The molecule has 2 unspecified atom stereocenters. The molecule has 0 N–H and O–H groups in total. The third-order valence-electron chi connectivity index (χ3n) is 4.40. The smallest absolute Gasteiger partial charge is 0.233 e. The zero-order valence-corrected chi connectivity index (χ0v) is 15.7. The first-order valence-electron chi connectivity index (χ1n) is 8.38. The van der Waals surface area contributed by atoms with Crippen molar-refractivity contribution in [1.82, 2.24) is 19.8 Å². The summed E-state index contributed by atoms with van der Waals surface area (Å²) in [5.74, 6) is 1.10. The first kappa shape index (κ1) is 17.4. The van der Waals surface area contributed by atoms with Crippen LogP contribution < -0.4 is 0 Å². The Balaban J connectivity index is 1.48. The van der Waals surface area contributed by atoms with Gasteiger partial charge in [0.15, 0.2) is 0 Å². The second-order valence-corrected chi connectivity index (χ2v) is 8.15.